The molecule has 0 spiro atoms. The van der Waals surface area contributed by atoms with Crippen molar-refractivity contribution in [3.8, 4) is 11.4 Å². The fourth-order valence-electron chi connectivity index (χ4n) is 2.50. The zero-order valence-corrected chi connectivity index (χ0v) is 16.7. The summed E-state index contributed by atoms with van der Waals surface area (Å²) >= 11 is 1.20. The summed E-state index contributed by atoms with van der Waals surface area (Å²) in [5, 5.41) is 14.4. The molecule has 0 radical (unpaired) electrons. The summed E-state index contributed by atoms with van der Waals surface area (Å²) in [5.74, 6) is -0.0282. The van der Waals surface area contributed by atoms with Gasteiger partial charge < -0.3 is 10.1 Å². The van der Waals surface area contributed by atoms with Crippen molar-refractivity contribution < 1.29 is 13.9 Å². The van der Waals surface area contributed by atoms with E-state index >= 15 is 0 Å². The number of carbonyl (C=O) groups is 1. The average molecular weight is 401 g/mol. The highest BCUT2D eigenvalue weighted by atomic mass is 32.2. The molecule has 28 heavy (non-hydrogen) atoms. The summed E-state index contributed by atoms with van der Waals surface area (Å²) in [6.07, 6.45) is 0. The number of amides is 1. The van der Waals surface area contributed by atoms with Crippen LogP contribution in [-0.2, 0) is 4.79 Å². The number of carbonyl (C=O) groups excluding carboxylic acids is 1. The summed E-state index contributed by atoms with van der Waals surface area (Å²) in [5.41, 5.74) is 2.63. The van der Waals surface area contributed by atoms with Crippen LogP contribution in [0.1, 0.15) is 18.1 Å². The number of anilines is 1. The topological polar surface area (TPSA) is 81.9 Å². The molecule has 1 N–H and O–H groups in total. The molecule has 0 unspecified atom stereocenters. The van der Waals surface area contributed by atoms with Crippen molar-refractivity contribution in [2.75, 3.05) is 12.4 Å². The molecular formula is C19H20FN5O2S. The van der Waals surface area contributed by atoms with Crippen LogP contribution in [0.5, 0.6) is 5.75 Å². The van der Waals surface area contributed by atoms with Gasteiger partial charge in [0.05, 0.1) is 12.4 Å². The first-order valence-corrected chi connectivity index (χ1v) is 9.44. The molecule has 7 nitrogen and oxygen atoms in total. The number of halogens is 1. The molecule has 1 aromatic heterocycles. The monoisotopic (exact) mass is 401 g/mol. The SMILES string of the molecule is COc1ccc(C)cc1-n1nnnc1S[C@@H](C)C(=O)Nc1ccc(C)c(F)c1. The number of hydrogen-bond acceptors (Lipinski definition) is 6. The van der Waals surface area contributed by atoms with Crippen LogP contribution < -0.4 is 10.1 Å². The molecule has 1 atom stereocenters. The number of aryl methyl sites for hydroxylation is 2. The van der Waals surface area contributed by atoms with Crippen molar-refractivity contribution in [3.63, 3.8) is 0 Å². The maximum absolute atomic E-state index is 13.7. The van der Waals surface area contributed by atoms with Crippen molar-refractivity contribution in [1.29, 1.82) is 0 Å². The van der Waals surface area contributed by atoms with E-state index < -0.39 is 5.25 Å². The van der Waals surface area contributed by atoms with Crippen LogP contribution in [0.25, 0.3) is 5.69 Å². The standard InChI is InChI=1S/C19H20FN5O2S/c1-11-5-8-17(27-4)16(9-11)25-19(22-23-24-25)28-13(3)18(26)21-14-7-6-12(2)15(20)10-14/h5-10,13H,1-4H3,(H,21,26)/t13-/m0/s1. The molecule has 0 saturated heterocycles. The van der Waals surface area contributed by atoms with Crippen LogP contribution >= 0.6 is 11.8 Å². The third-order valence-electron chi connectivity index (χ3n) is 4.09. The molecule has 3 rings (SSSR count). The molecule has 1 heterocycles. The highest BCUT2D eigenvalue weighted by Gasteiger charge is 2.21. The van der Waals surface area contributed by atoms with Gasteiger partial charge in [-0.3, -0.25) is 4.79 Å². The van der Waals surface area contributed by atoms with Gasteiger partial charge in [-0.1, -0.05) is 23.9 Å². The van der Waals surface area contributed by atoms with Crippen molar-refractivity contribution in [3.05, 3.63) is 53.3 Å². The lowest BCUT2D eigenvalue weighted by atomic mass is 10.2. The molecule has 0 aliphatic carbocycles. The van der Waals surface area contributed by atoms with E-state index in [1.807, 2.05) is 25.1 Å². The largest absolute Gasteiger partial charge is 0.494 e. The van der Waals surface area contributed by atoms with Gasteiger partial charge in [0.1, 0.15) is 17.3 Å². The van der Waals surface area contributed by atoms with Crippen LogP contribution in [0.4, 0.5) is 10.1 Å². The number of nitrogens with one attached hydrogen (secondary N) is 1. The zero-order valence-electron chi connectivity index (χ0n) is 15.9. The quantitative estimate of drug-likeness (QED) is 0.636. The summed E-state index contributed by atoms with van der Waals surface area (Å²) < 4.78 is 20.6. The molecule has 1 amide bonds. The molecule has 0 aliphatic heterocycles. The van der Waals surface area contributed by atoms with Gasteiger partial charge in [0.2, 0.25) is 11.1 Å². The predicted molar refractivity (Wildman–Crippen MR) is 106 cm³/mol. The maximum atomic E-state index is 13.7. The Bertz CT molecular complexity index is 1010. The van der Waals surface area contributed by atoms with Crippen molar-refractivity contribution in [1.82, 2.24) is 20.2 Å². The van der Waals surface area contributed by atoms with Crippen molar-refractivity contribution in [2.24, 2.45) is 0 Å². The van der Waals surface area contributed by atoms with Gasteiger partial charge in [-0.05, 0) is 66.6 Å². The van der Waals surface area contributed by atoms with E-state index in [1.165, 1.54) is 22.5 Å². The first-order chi connectivity index (χ1) is 13.4. The third kappa shape index (κ3) is 4.30. The van der Waals surface area contributed by atoms with Gasteiger partial charge in [0.15, 0.2) is 0 Å². The number of thioether (sulfide) groups is 1. The number of ether oxygens (including phenoxy) is 1. The molecular weight excluding hydrogens is 381 g/mol. The Kier molecular flexibility index (Phi) is 5.93. The molecule has 0 fully saturated rings. The third-order valence-corrected chi connectivity index (χ3v) is 5.13. The van der Waals surface area contributed by atoms with Crippen LogP contribution in [0.2, 0.25) is 0 Å². The molecule has 0 bridgehead atoms. The number of nitrogens with zero attached hydrogens (tertiary/aromatic N) is 4. The van der Waals surface area contributed by atoms with Gasteiger partial charge in [-0.25, -0.2) is 4.39 Å². The minimum Gasteiger partial charge on any atom is -0.494 e. The zero-order chi connectivity index (χ0) is 20.3. The van der Waals surface area contributed by atoms with Crippen LogP contribution in [0, 0.1) is 19.7 Å². The Balaban J connectivity index is 1.77. The van der Waals surface area contributed by atoms with E-state index in [0.29, 0.717) is 27.8 Å². The predicted octanol–water partition coefficient (Wildman–Crippen LogP) is 3.55. The number of hydrogen-bond donors (Lipinski definition) is 1. The highest BCUT2D eigenvalue weighted by molar-refractivity contribution is 8.00. The highest BCUT2D eigenvalue weighted by Crippen LogP contribution is 2.29. The Morgan fingerprint density at radius 2 is 2.04 bits per heavy atom. The Morgan fingerprint density at radius 1 is 1.25 bits per heavy atom. The first-order valence-electron chi connectivity index (χ1n) is 8.56. The lowest BCUT2D eigenvalue weighted by molar-refractivity contribution is -0.115. The minimum atomic E-state index is -0.509. The smallest absolute Gasteiger partial charge is 0.237 e. The normalized spacial score (nSPS) is 11.9. The van der Waals surface area contributed by atoms with Crippen LogP contribution in [0.15, 0.2) is 41.6 Å². The minimum absolute atomic E-state index is 0.279. The summed E-state index contributed by atoms with van der Waals surface area (Å²) in [6, 6.07) is 10.2. The molecule has 9 heteroatoms. The Hall–Kier alpha value is -2.94. The summed E-state index contributed by atoms with van der Waals surface area (Å²) in [7, 11) is 1.57. The van der Waals surface area contributed by atoms with Crippen LogP contribution in [0.3, 0.4) is 0 Å². The second-order valence-corrected chi connectivity index (χ2v) is 7.57. The summed E-state index contributed by atoms with van der Waals surface area (Å²) in [6.45, 7) is 5.35. The second-order valence-electron chi connectivity index (χ2n) is 6.26. The second kappa shape index (κ2) is 8.39. The number of tetrazole rings is 1. The fraction of sp³-hybridized carbons (Fsp3) is 0.263. The van der Waals surface area contributed by atoms with Crippen LogP contribution in [-0.4, -0.2) is 38.5 Å². The number of aromatic nitrogens is 4. The van der Waals surface area contributed by atoms with E-state index in [4.69, 9.17) is 4.74 Å². The molecule has 3 aromatic rings. The van der Waals surface area contributed by atoms with Gasteiger partial charge in [0, 0.05) is 5.69 Å². The number of benzene rings is 2. The maximum Gasteiger partial charge on any atom is 0.237 e. The molecule has 146 valence electrons. The lowest BCUT2D eigenvalue weighted by Crippen LogP contribution is -2.23. The van der Waals surface area contributed by atoms with E-state index in [2.05, 4.69) is 20.8 Å². The van der Waals surface area contributed by atoms with Gasteiger partial charge in [-0.15, -0.1) is 5.10 Å². The fourth-order valence-corrected chi connectivity index (χ4v) is 3.30. The Morgan fingerprint density at radius 3 is 2.75 bits per heavy atom. The van der Waals surface area contributed by atoms with Gasteiger partial charge in [0.25, 0.3) is 0 Å². The molecule has 0 saturated carbocycles. The number of methoxy groups -OCH3 is 1. The van der Waals surface area contributed by atoms with Crippen molar-refractivity contribution in [2.45, 2.75) is 31.2 Å². The van der Waals surface area contributed by atoms with Gasteiger partial charge >= 0.3 is 0 Å². The molecule has 0 aliphatic rings. The van der Waals surface area contributed by atoms with E-state index in [0.717, 1.165) is 5.56 Å². The average Bonchev–Trinajstić information content (AvgIpc) is 3.12. The number of rotatable bonds is 6. The van der Waals surface area contributed by atoms with E-state index in [1.54, 1.807) is 33.1 Å². The Labute approximate surface area is 166 Å². The lowest BCUT2D eigenvalue weighted by Gasteiger charge is -2.13. The molecule has 2 aromatic carbocycles. The first kappa shape index (κ1) is 19.8. The van der Waals surface area contributed by atoms with E-state index in [9.17, 15) is 9.18 Å². The van der Waals surface area contributed by atoms with Gasteiger partial charge in [-0.2, -0.15) is 4.68 Å². The summed E-state index contributed by atoms with van der Waals surface area (Å²) in [4.78, 5) is 12.5. The van der Waals surface area contributed by atoms with E-state index in [-0.39, 0.29) is 11.7 Å². The van der Waals surface area contributed by atoms with Crippen molar-refractivity contribution >= 4 is 23.4 Å².